The van der Waals surface area contributed by atoms with E-state index in [0.717, 1.165) is 23.2 Å². The summed E-state index contributed by atoms with van der Waals surface area (Å²) in [6.07, 6.45) is -2.18. The van der Waals surface area contributed by atoms with Crippen LogP contribution in [0.5, 0.6) is 0 Å². The third kappa shape index (κ3) is 2.78. The van der Waals surface area contributed by atoms with Crippen LogP contribution in [-0.4, -0.2) is 48.2 Å². The van der Waals surface area contributed by atoms with Gasteiger partial charge in [0.05, 0.1) is 5.69 Å². The normalized spacial score (nSPS) is 27.2. The van der Waals surface area contributed by atoms with E-state index in [4.69, 9.17) is 4.74 Å². The van der Waals surface area contributed by atoms with Crippen molar-refractivity contribution in [1.29, 1.82) is 0 Å². The van der Waals surface area contributed by atoms with E-state index >= 15 is 0 Å². The molecule has 5 unspecified atom stereocenters. The van der Waals surface area contributed by atoms with E-state index in [-0.39, 0.29) is 5.56 Å². The number of hydrogen-bond acceptors (Lipinski definition) is 6. The average Bonchev–Trinajstić information content (AvgIpc) is 3.20. The summed E-state index contributed by atoms with van der Waals surface area (Å²) in [6, 6.07) is 4.68. The number of nitrogens with zero attached hydrogens (tertiary/aromatic N) is 3. The number of aromatic nitrogens is 3. The molecule has 1 aliphatic heterocycles. The van der Waals surface area contributed by atoms with Gasteiger partial charge in [-0.15, -0.1) is 0 Å². The van der Waals surface area contributed by atoms with Crippen LogP contribution >= 0.6 is 0 Å². The molecule has 7 nitrogen and oxygen atoms in total. The van der Waals surface area contributed by atoms with E-state index in [0.29, 0.717) is 5.65 Å². The molecule has 4 rings (SSSR count). The second kappa shape index (κ2) is 6.56. The van der Waals surface area contributed by atoms with Crippen LogP contribution in [0.3, 0.4) is 0 Å². The van der Waals surface area contributed by atoms with E-state index in [9.17, 15) is 24.1 Å². The lowest BCUT2D eigenvalue weighted by atomic mass is 9.86. The summed E-state index contributed by atoms with van der Waals surface area (Å²) in [5.41, 5.74) is -0.643. The molecule has 1 aliphatic rings. The van der Waals surface area contributed by atoms with Gasteiger partial charge in [0.2, 0.25) is 0 Å². The van der Waals surface area contributed by atoms with Gasteiger partial charge in [-0.3, -0.25) is 0 Å². The molecule has 2 aromatic heterocycles. The van der Waals surface area contributed by atoms with Crippen molar-refractivity contribution in [2.75, 3.05) is 0 Å². The van der Waals surface area contributed by atoms with Crippen LogP contribution in [0.2, 0.25) is 0 Å². The maximum atomic E-state index is 13.6. The number of benzene rings is 1. The maximum absolute atomic E-state index is 13.6. The van der Waals surface area contributed by atoms with E-state index in [1.54, 1.807) is 16.8 Å². The fraction of sp³-hybridized carbons (Fsp3) is 0.368. The molecule has 0 saturated carbocycles. The summed E-state index contributed by atoms with van der Waals surface area (Å²) in [5, 5.41) is 32.8. The monoisotopic (exact) mass is 391 g/mol. The number of aliphatic hydroxyl groups excluding tert-OH is 2. The van der Waals surface area contributed by atoms with Crippen LogP contribution in [0.1, 0.15) is 24.4 Å². The molecule has 0 radical (unpaired) electrons. The minimum Gasteiger partial charge on any atom is -0.387 e. The van der Waals surface area contributed by atoms with Gasteiger partial charge in [0.15, 0.2) is 17.9 Å². The number of rotatable bonds is 3. The fourth-order valence-corrected chi connectivity index (χ4v) is 3.63. The van der Waals surface area contributed by atoms with Crippen molar-refractivity contribution in [3.8, 4) is 0 Å². The highest BCUT2D eigenvalue weighted by Crippen LogP contribution is 2.40. The predicted molar refractivity (Wildman–Crippen MR) is 94.1 cm³/mol. The number of ether oxygens (including phenoxy) is 1. The van der Waals surface area contributed by atoms with Gasteiger partial charge in [-0.05, 0) is 37.6 Å². The third-order valence-corrected chi connectivity index (χ3v) is 5.28. The van der Waals surface area contributed by atoms with Crippen LogP contribution in [0.25, 0.3) is 11.0 Å². The summed E-state index contributed by atoms with van der Waals surface area (Å²) in [5.74, 6) is -2.19. The van der Waals surface area contributed by atoms with E-state index in [2.05, 4.69) is 9.97 Å². The van der Waals surface area contributed by atoms with Gasteiger partial charge in [-0.25, -0.2) is 18.7 Å². The zero-order chi connectivity index (χ0) is 20.2. The van der Waals surface area contributed by atoms with E-state index in [1.807, 2.05) is 6.92 Å². The predicted octanol–water partition coefficient (Wildman–Crippen LogP) is 1.54. The molecule has 9 heteroatoms. The third-order valence-electron chi connectivity index (χ3n) is 5.28. The highest BCUT2D eigenvalue weighted by molar-refractivity contribution is 5.78. The van der Waals surface area contributed by atoms with Gasteiger partial charge in [0, 0.05) is 11.6 Å². The zero-order valence-electron chi connectivity index (χ0n) is 15.1. The van der Waals surface area contributed by atoms with Crippen LogP contribution < -0.4 is 0 Å². The first-order valence-corrected chi connectivity index (χ1v) is 8.69. The minimum absolute atomic E-state index is 0.0128. The van der Waals surface area contributed by atoms with Crippen molar-refractivity contribution in [1.82, 2.24) is 14.5 Å². The molecule has 0 amide bonds. The number of aryl methyl sites for hydroxylation is 1. The quantitative estimate of drug-likeness (QED) is 0.626. The summed E-state index contributed by atoms with van der Waals surface area (Å²) in [7, 11) is 0. The Bertz CT molecular complexity index is 1040. The van der Waals surface area contributed by atoms with Crippen molar-refractivity contribution >= 4 is 11.0 Å². The standard InChI is InChI=1S/C19H19F2N3O4/c1-9-11-5-6-24(17(11)23-8-22-9)18-15(26)14(25)16(28-18)19(2,27)10-3-4-12(20)13(21)7-10/h3-8,14-16,18,25-27H,1-2H3. The Morgan fingerprint density at radius 1 is 1.11 bits per heavy atom. The summed E-state index contributed by atoms with van der Waals surface area (Å²) in [4.78, 5) is 8.31. The van der Waals surface area contributed by atoms with Crippen LogP contribution in [0, 0.1) is 18.6 Å². The molecule has 1 fully saturated rings. The van der Waals surface area contributed by atoms with Gasteiger partial charge >= 0.3 is 0 Å². The number of fused-ring (bicyclic) bond motifs is 1. The van der Waals surface area contributed by atoms with Crippen molar-refractivity contribution < 1.29 is 28.8 Å². The minimum atomic E-state index is -1.89. The molecule has 3 N–H and O–H groups in total. The highest BCUT2D eigenvalue weighted by Gasteiger charge is 2.52. The lowest BCUT2D eigenvalue weighted by Crippen LogP contribution is -2.45. The number of halogens is 2. The van der Waals surface area contributed by atoms with E-state index < -0.39 is 41.8 Å². The van der Waals surface area contributed by atoms with Gasteiger partial charge in [0.1, 0.15) is 35.9 Å². The Labute approximate surface area is 158 Å². The van der Waals surface area contributed by atoms with Crippen LogP contribution in [0.15, 0.2) is 36.8 Å². The number of hydrogen-bond donors (Lipinski definition) is 3. The molecule has 1 saturated heterocycles. The molecule has 1 aromatic carbocycles. The lowest BCUT2D eigenvalue weighted by molar-refractivity contribution is -0.136. The first-order chi connectivity index (χ1) is 13.2. The largest absolute Gasteiger partial charge is 0.387 e. The average molecular weight is 391 g/mol. The first kappa shape index (κ1) is 18.9. The van der Waals surface area contributed by atoms with Crippen molar-refractivity contribution in [2.45, 2.75) is 44.0 Å². The second-order valence-electron chi connectivity index (χ2n) is 7.12. The Kier molecular flexibility index (Phi) is 4.42. The van der Waals surface area contributed by atoms with Gasteiger partial charge in [0.25, 0.3) is 0 Å². The highest BCUT2D eigenvalue weighted by atomic mass is 19.2. The molecule has 28 heavy (non-hydrogen) atoms. The molecule has 5 atom stereocenters. The SMILES string of the molecule is Cc1ncnc2c1ccn2C1OC(C(C)(O)c2ccc(F)c(F)c2)C(O)C1O. The van der Waals surface area contributed by atoms with Gasteiger partial charge < -0.3 is 24.6 Å². The summed E-state index contributed by atoms with van der Waals surface area (Å²) in [6.45, 7) is 3.12. The molecular weight excluding hydrogens is 372 g/mol. The Hall–Kier alpha value is -2.46. The van der Waals surface area contributed by atoms with Crippen molar-refractivity contribution in [2.24, 2.45) is 0 Å². The molecule has 3 aromatic rings. The first-order valence-electron chi connectivity index (χ1n) is 8.69. The molecule has 0 bridgehead atoms. The van der Waals surface area contributed by atoms with Gasteiger partial charge in [-0.2, -0.15) is 0 Å². The Balaban J connectivity index is 1.71. The maximum Gasteiger partial charge on any atom is 0.164 e. The smallest absolute Gasteiger partial charge is 0.164 e. The van der Waals surface area contributed by atoms with Crippen molar-refractivity contribution in [3.63, 3.8) is 0 Å². The summed E-state index contributed by atoms with van der Waals surface area (Å²) < 4.78 is 34.2. The molecule has 0 aliphatic carbocycles. The Morgan fingerprint density at radius 2 is 1.86 bits per heavy atom. The van der Waals surface area contributed by atoms with E-state index in [1.165, 1.54) is 19.3 Å². The molecular formula is C19H19F2N3O4. The van der Waals surface area contributed by atoms with Crippen LogP contribution in [0.4, 0.5) is 8.78 Å². The van der Waals surface area contributed by atoms with Gasteiger partial charge in [-0.1, -0.05) is 6.07 Å². The van der Waals surface area contributed by atoms with Crippen molar-refractivity contribution in [3.05, 3.63) is 59.7 Å². The molecule has 148 valence electrons. The van der Waals surface area contributed by atoms with Crippen LogP contribution in [-0.2, 0) is 10.3 Å². The molecule has 3 heterocycles. The zero-order valence-corrected chi connectivity index (χ0v) is 15.1. The molecule has 0 spiro atoms. The second-order valence-corrected chi connectivity index (χ2v) is 7.12. The topological polar surface area (TPSA) is 101 Å². The lowest BCUT2D eigenvalue weighted by Gasteiger charge is -2.32. The fourth-order valence-electron chi connectivity index (χ4n) is 3.63. The number of aliphatic hydroxyl groups is 3. The Morgan fingerprint density at radius 3 is 2.57 bits per heavy atom. The summed E-state index contributed by atoms with van der Waals surface area (Å²) >= 11 is 0.